The lowest BCUT2D eigenvalue weighted by molar-refractivity contribution is -0.256. The van der Waals surface area contributed by atoms with Crippen LogP contribution in [0.1, 0.15) is 29.3 Å². The normalized spacial score (nSPS) is 19.4. The van der Waals surface area contributed by atoms with Crippen molar-refractivity contribution < 1.29 is 49.8 Å². The fourth-order valence-electron chi connectivity index (χ4n) is 4.44. The quantitative estimate of drug-likeness (QED) is 0.376. The Morgan fingerprint density at radius 1 is 1.17 bits per heavy atom. The highest BCUT2D eigenvalue weighted by atomic mass is 35.5. The Kier molecular flexibility index (Phi) is 7.58. The van der Waals surface area contributed by atoms with E-state index in [9.17, 15) is 49.8 Å². The zero-order valence-electron chi connectivity index (χ0n) is 20.6. The first-order valence-electron chi connectivity index (χ1n) is 11.6. The highest BCUT2D eigenvalue weighted by Crippen LogP contribution is 2.40. The Morgan fingerprint density at radius 3 is 2.41 bits per heavy atom. The van der Waals surface area contributed by atoms with Gasteiger partial charge in [0.25, 0.3) is 11.8 Å². The number of alkyl halides is 7. The van der Waals surface area contributed by atoms with Crippen molar-refractivity contribution in [2.75, 3.05) is 18.8 Å². The number of halogens is 9. The molecule has 4 N–H and O–H groups in total. The van der Waals surface area contributed by atoms with Gasteiger partial charge in [-0.2, -0.15) is 31.4 Å². The number of nitrogen functional groups attached to an aromatic ring is 1. The molecule has 1 aliphatic heterocycles. The summed E-state index contributed by atoms with van der Waals surface area (Å²) < 4.78 is 111. The summed E-state index contributed by atoms with van der Waals surface area (Å²) in [5.41, 5.74) is -1.42. The average molecular weight is 615 g/mol. The van der Waals surface area contributed by atoms with E-state index in [2.05, 4.69) is 15.4 Å². The maximum absolute atomic E-state index is 14.8. The summed E-state index contributed by atoms with van der Waals surface area (Å²) in [6.07, 6.45) is -12.6. The molecule has 2 amide bonds. The number of nitrogens with one attached hydrogen (secondary N) is 1. The Morgan fingerprint density at radius 2 is 1.83 bits per heavy atom. The van der Waals surface area contributed by atoms with Gasteiger partial charge in [-0.05, 0) is 24.6 Å². The molecule has 1 fully saturated rings. The van der Waals surface area contributed by atoms with Crippen molar-refractivity contribution in [3.8, 4) is 11.3 Å². The van der Waals surface area contributed by atoms with E-state index in [1.54, 1.807) is 0 Å². The fourth-order valence-corrected chi connectivity index (χ4v) is 4.63. The second kappa shape index (κ2) is 10.3. The van der Waals surface area contributed by atoms with Crippen LogP contribution in [0.3, 0.4) is 0 Å². The van der Waals surface area contributed by atoms with Crippen LogP contribution in [0.25, 0.3) is 16.8 Å². The SMILES string of the molecule is CCC(O)(C(=O)N1C[C@H](F)[C@H](NC(=O)c2cc(-c3cc(C(F)(F)F)c4c(N)ncnn34)cc(F)c2Cl)C1)C(F)(F)F. The molecule has 3 atom stereocenters. The number of hydrogen-bond donors (Lipinski definition) is 3. The molecule has 4 rings (SSSR count). The van der Waals surface area contributed by atoms with Gasteiger partial charge >= 0.3 is 12.4 Å². The first-order valence-corrected chi connectivity index (χ1v) is 12.0. The summed E-state index contributed by atoms with van der Waals surface area (Å²) in [6, 6.07) is 0.613. The van der Waals surface area contributed by atoms with Crippen LogP contribution in [-0.2, 0) is 11.0 Å². The largest absolute Gasteiger partial charge is 0.426 e. The van der Waals surface area contributed by atoms with Crippen LogP contribution in [-0.4, -0.2) is 73.5 Å². The summed E-state index contributed by atoms with van der Waals surface area (Å²) in [7, 11) is 0. The summed E-state index contributed by atoms with van der Waals surface area (Å²) in [5.74, 6) is -4.86. The minimum atomic E-state index is -5.36. The van der Waals surface area contributed by atoms with Gasteiger partial charge in [0.15, 0.2) is 5.82 Å². The molecule has 0 spiro atoms. The standard InChI is InChI=1S/C23H19ClF8N6O3/c1-2-21(41,23(30,31)32)20(40)37-6-13(26)14(7-37)36-19(39)10-3-9(4-12(25)16(10)24)15-5-11(22(27,28)29)17-18(33)34-8-35-38(15)17/h3-5,8,13-14,41H,2,6-7H2,1H3,(H,36,39)(H2,33,34,35)/t13-,14+,21?/m0/s1. The first-order chi connectivity index (χ1) is 18.9. The highest BCUT2D eigenvalue weighted by Gasteiger charge is 2.60. The third-order valence-corrected chi connectivity index (χ3v) is 7.03. The van der Waals surface area contributed by atoms with E-state index in [-0.39, 0.29) is 11.3 Å². The molecule has 1 unspecified atom stereocenters. The van der Waals surface area contributed by atoms with E-state index in [0.29, 0.717) is 11.0 Å². The van der Waals surface area contributed by atoms with Crippen LogP contribution >= 0.6 is 11.6 Å². The number of aromatic nitrogens is 3. The van der Waals surface area contributed by atoms with Crippen LogP contribution in [0, 0.1) is 5.82 Å². The Balaban J connectivity index is 1.66. The van der Waals surface area contributed by atoms with Gasteiger partial charge in [0.05, 0.1) is 34.4 Å². The third kappa shape index (κ3) is 5.23. The molecular weight excluding hydrogens is 596 g/mol. The van der Waals surface area contributed by atoms with E-state index in [1.807, 2.05) is 0 Å². The summed E-state index contributed by atoms with van der Waals surface area (Å²) >= 11 is 5.91. The lowest BCUT2D eigenvalue weighted by Gasteiger charge is -2.31. The Bertz CT molecular complexity index is 1530. The number of likely N-dealkylation sites (tertiary alicyclic amines) is 1. The Labute approximate surface area is 229 Å². The molecule has 1 aliphatic rings. The number of carbonyl (C=O) groups excluding carboxylic acids is 2. The monoisotopic (exact) mass is 614 g/mol. The maximum Gasteiger partial charge on any atom is 0.426 e. The number of nitrogens with zero attached hydrogens (tertiary/aromatic N) is 4. The topological polar surface area (TPSA) is 126 Å². The molecule has 3 aromatic rings. The van der Waals surface area contributed by atoms with Crippen LogP contribution < -0.4 is 11.1 Å². The average Bonchev–Trinajstić information content (AvgIpc) is 3.45. The highest BCUT2D eigenvalue weighted by molar-refractivity contribution is 6.34. The van der Waals surface area contributed by atoms with E-state index < -0.39 is 94.8 Å². The van der Waals surface area contributed by atoms with E-state index in [1.165, 1.54) is 0 Å². The third-order valence-electron chi connectivity index (χ3n) is 6.64. The van der Waals surface area contributed by atoms with Crippen molar-refractivity contribution in [3.05, 3.63) is 46.5 Å². The molecule has 0 bridgehead atoms. The van der Waals surface area contributed by atoms with Gasteiger partial charge in [0.2, 0.25) is 5.60 Å². The predicted molar refractivity (Wildman–Crippen MR) is 127 cm³/mol. The molecule has 3 heterocycles. The van der Waals surface area contributed by atoms with Gasteiger partial charge < -0.3 is 21.1 Å². The summed E-state index contributed by atoms with van der Waals surface area (Å²) in [4.78, 5) is 29.3. The summed E-state index contributed by atoms with van der Waals surface area (Å²) in [5, 5.41) is 14.9. The second-order valence-electron chi connectivity index (χ2n) is 9.18. The maximum atomic E-state index is 14.8. The van der Waals surface area contributed by atoms with Crippen molar-refractivity contribution >= 4 is 34.7 Å². The van der Waals surface area contributed by atoms with Crippen molar-refractivity contribution in [2.45, 2.75) is 43.5 Å². The number of nitrogens with two attached hydrogens (primary N) is 1. The molecule has 18 heteroatoms. The molecule has 0 radical (unpaired) electrons. The van der Waals surface area contributed by atoms with Gasteiger partial charge in [-0.1, -0.05) is 18.5 Å². The molecule has 2 aromatic heterocycles. The summed E-state index contributed by atoms with van der Waals surface area (Å²) in [6.45, 7) is -0.774. The number of carbonyl (C=O) groups is 2. The molecule has 9 nitrogen and oxygen atoms in total. The van der Waals surface area contributed by atoms with Gasteiger partial charge in [-0.3, -0.25) is 9.59 Å². The van der Waals surface area contributed by atoms with Gasteiger partial charge in [-0.25, -0.2) is 18.3 Å². The van der Waals surface area contributed by atoms with Gasteiger partial charge in [0, 0.05) is 12.1 Å². The van der Waals surface area contributed by atoms with E-state index in [4.69, 9.17) is 17.3 Å². The molecule has 1 saturated heterocycles. The minimum absolute atomic E-state index is 0.320. The number of benzene rings is 1. The van der Waals surface area contributed by atoms with E-state index in [0.717, 1.165) is 29.9 Å². The number of aliphatic hydroxyl groups is 1. The molecular formula is C23H19ClF8N6O3. The lowest BCUT2D eigenvalue weighted by atomic mass is 9.98. The van der Waals surface area contributed by atoms with Crippen molar-refractivity contribution in [1.82, 2.24) is 24.8 Å². The van der Waals surface area contributed by atoms with Crippen LogP contribution in [0.4, 0.5) is 40.9 Å². The number of rotatable bonds is 5. The number of hydrogen-bond acceptors (Lipinski definition) is 6. The fraction of sp³-hybridized carbons (Fsp3) is 0.391. The van der Waals surface area contributed by atoms with Crippen LogP contribution in [0.15, 0.2) is 24.5 Å². The predicted octanol–water partition coefficient (Wildman–Crippen LogP) is 3.77. The smallest absolute Gasteiger partial charge is 0.382 e. The number of anilines is 1. The van der Waals surface area contributed by atoms with Crippen molar-refractivity contribution in [2.24, 2.45) is 0 Å². The zero-order chi connectivity index (χ0) is 30.7. The van der Waals surface area contributed by atoms with Gasteiger partial charge in [-0.15, -0.1) is 0 Å². The molecule has 41 heavy (non-hydrogen) atoms. The molecule has 222 valence electrons. The zero-order valence-corrected chi connectivity index (χ0v) is 21.4. The lowest BCUT2D eigenvalue weighted by Crippen LogP contribution is -2.57. The van der Waals surface area contributed by atoms with Crippen molar-refractivity contribution in [3.63, 3.8) is 0 Å². The van der Waals surface area contributed by atoms with Gasteiger partial charge in [0.1, 0.15) is 23.8 Å². The second-order valence-corrected chi connectivity index (χ2v) is 9.56. The molecule has 0 aliphatic carbocycles. The van der Waals surface area contributed by atoms with Crippen molar-refractivity contribution in [1.29, 1.82) is 0 Å². The minimum Gasteiger partial charge on any atom is -0.382 e. The molecule has 0 saturated carbocycles. The van der Waals surface area contributed by atoms with Crippen LogP contribution in [0.5, 0.6) is 0 Å². The van der Waals surface area contributed by atoms with Crippen LogP contribution in [0.2, 0.25) is 5.02 Å². The van der Waals surface area contributed by atoms with E-state index >= 15 is 0 Å². The number of fused-ring (bicyclic) bond motifs is 1. The number of amides is 2. The molecule has 1 aromatic carbocycles. The first kappa shape index (κ1) is 30.2. The Hall–Kier alpha value is -3.73.